The Kier molecular flexibility index (Phi) is 6.69. The van der Waals surface area contributed by atoms with E-state index in [0.717, 1.165) is 5.75 Å². The molecule has 1 amide bonds. The summed E-state index contributed by atoms with van der Waals surface area (Å²) in [5, 5.41) is 11.5. The van der Waals surface area contributed by atoms with Crippen LogP contribution in [0.1, 0.15) is 57.7 Å². The molecule has 0 spiro atoms. The first-order valence-electron chi connectivity index (χ1n) is 8.66. The lowest BCUT2D eigenvalue weighted by atomic mass is 10.1. The van der Waals surface area contributed by atoms with E-state index in [1.54, 1.807) is 0 Å². The Hall–Kier alpha value is -2.02. The van der Waals surface area contributed by atoms with Crippen molar-refractivity contribution >= 4 is 17.9 Å². The predicted molar refractivity (Wildman–Crippen MR) is 102 cm³/mol. The molecular formula is C19H27N3O3S. The molecule has 6 nitrogen and oxygen atoms in total. The van der Waals surface area contributed by atoms with Gasteiger partial charge in [-0.3, -0.25) is 0 Å². The van der Waals surface area contributed by atoms with Gasteiger partial charge in [0.2, 0.25) is 5.89 Å². The fraction of sp³-hybridized carbons (Fsp3) is 0.526. The molecule has 0 radical (unpaired) electrons. The van der Waals surface area contributed by atoms with Crippen LogP contribution in [-0.4, -0.2) is 21.9 Å². The molecule has 2 rings (SSSR count). The number of nitrogens with zero attached hydrogens (tertiary/aromatic N) is 2. The number of carbonyl (C=O) groups is 1. The Labute approximate surface area is 159 Å². The van der Waals surface area contributed by atoms with Gasteiger partial charge in [-0.05, 0) is 44.7 Å². The molecule has 1 N–H and O–H groups in total. The van der Waals surface area contributed by atoms with E-state index in [1.807, 2.05) is 46.8 Å². The van der Waals surface area contributed by atoms with Crippen molar-refractivity contribution < 1.29 is 13.9 Å². The summed E-state index contributed by atoms with van der Waals surface area (Å²) in [6, 6.07) is 7.80. The number of amides is 1. The average molecular weight is 378 g/mol. The summed E-state index contributed by atoms with van der Waals surface area (Å²) in [7, 11) is 0. The van der Waals surface area contributed by atoms with E-state index in [9.17, 15) is 4.79 Å². The maximum Gasteiger partial charge on any atom is 0.408 e. The molecule has 1 atom stereocenters. The second kappa shape index (κ2) is 8.58. The van der Waals surface area contributed by atoms with Crippen molar-refractivity contribution in [2.45, 2.75) is 64.2 Å². The first kappa shape index (κ1) is 20.3. The summed E-state index contributed by atoms with van der Waals surface area (Å²) in [5.41, 5.74) is 1.89. The van der Waals surface area contributed by atoms with Crippen LogP contribution in [0, 0.1) is 12.8 Å². The van der Waals surface area contributed by atoms with Crippen LogP contribution >= 0.6 is 11.8 Å². The minimum absolute atomic E-state index is 0.0807. The van der Waals surface area contributed by atoms with Gasteiger partial charge in [-0.25, -0.2) is 4.79 Å². The molecule has 0 aliphatic carbocycles. The Morgan fingerprint density at radius 2 is 1.96 bits per heavy atom. The van der Waals surface area contributed by atoms with E-state index >= 15 is 0 Å². The Bertz CT molecular complexity index is 738. The highest BCUT2D eigenvalue weighted by molar-refractivity contribution is 7.98. The number of ether oxygens (including phenoxy) is 1. The van der Waals surface area contributed by atoms with E-state index in [1.165, 1.54) is 22.9 Å². The number of aryl methyl sites for hydroxylation is 1. The summed E-state index contributed by atoms with van der Waals surface area (Å²) in [6.07, 6.45) is -0.497. The maximum atomic E-state index is 12.1. The first-order chi connectivity index (χ1) is 12.2. The van der Waals surface area contributed by atoms with Crippen molar-refractivity contribution in [3.8, 4) is 0 Å². The molecule has 0 saturated carbocycles. The van der Waals surface area contributed by atoms with Gasteiger partial charge >= 0.3 is 6.09 Å². The molecule has 1 heterocycles. The number of carbonyl (C=O) groups excluding carboxylic acids is 1. The minimum atomic E-state index is -0.561. The van der Waals surface area contributed by atoms with Gasteiger partial charge in [-0.1, -0.05) is 49.9 Å². The number of alkyl carbamates (subject to hydrolysis) is 1. The van der Waals surface area contributed by atoms with Crippen molar-refractivity contribution in [3.05, 3.63) is 41.3 Å². The van der Waals surface area contributed by atoms with Gasteiger partial charge in [0.25, 0.3) is 5.22 Å². The third-order valence-corrected chi connectivity index (χ3v) is 4.51. The van der Waals surface area contributed by atoms with Gasteiger partial charge in [0.15, 0.2) is 0 Å². The second-order valence-corrected chi connectivity index (χ2v) is 8.42. The summed E-state index contributed by atoms with van der Waals surface area (Å²) in [4.78, 5) is 12.1. The highest BCUT2D eigenvalue weighted by atomic mass is 32.2. The van der Waals surface area contributed by atoms with Crippen LogP contribution in [0.3, 0.4) is 0 Å². The Morgan fingerprint density at radius 1 is 1.27 bits per heavy atom. The van der Waals surface area contributed by atoms with Crippen molar-refractivity contribution in [1.29, 1.82) is 0 Å². The molecule has 2 aromatic rings. The quantitative estimate of drug-likeness (QED) is 0.722. The van der Waals surface area contributed by atoms with Crippen LogP contribution in [-0.2, 0) is 10.5 Å². The normalized spacial score (nSPS) is 12.9. The van der Waals surface area contributed by atoms with Crippen molar-refractivity contribution in [1.82, 2.24) is 15.5 Å². The van der Waals surface area contributed by atoms with Gasteiger partial charge in [0.1, 0.15) is 11.6 Å². The molecule has 7 heteroatoms. The van der Waals surface area contributed by atoms with Gasteiger partial charge in [-0.15, -0.1) is 10.2 Å². The number of hydrogen-bond acceptors (Lipinski definition) is 6. The van der Waals surface area contributed by atoms with Crippen LogP contribution in [0.25, 0.3) is 0 Å². The number of hydrogen-bond donors (Lipinski definition) is 1. The van der Waals surface area contributed by atoms with Gasteiger partial charge in [-0.2, -0.15) is 0 Å². The average Bonchev–Trinajstić information content (AvgIpc) is 2.98. The smallest absolute Gasteiger partial charge is 0.408 e. The number of aromatic nitrogens is 2. The third-order valence-electron chi connectivity index (χ3n) is 3.64. The van der Waals surface area contributed by atoms with Crippen molar-refractivity contribution in [3.63, 3.8) is 0 Å². The number of rotatable bonds is 6. The second-order valence-electron chi connectivity index (χ2n) is 7.49. The van der Waals surface area contributed by atoms with Crippen LogP contribution in [0.4, 0.5) is 4.79 Å². The van der Waals surface area contributed by atoms with Crippen molar-refractivity contribution in [2.24, 2.45) is 5.92 Å². The van der Waals surface area contributed by atoms with E-state index < -0.39 is 17.7 Å². The largest absolute Gasteiger partial charge is 0.444 e. The highest BCUT2D eigenvalue weighted by Gasteiger charge is 2.27. The van der Waals surface area contributed by atoms with Crippen LogP contribution in [0.2, 0.25) is 0 Å². The topological polar surface area (TPSA) is 77.2 Å². The van der Waals surface area contributed by atoms with Crippen LogP contribution in [0.15, 0.2) is 33.9 Å². The lowest BCUT2D eigenvalue weighted by Gasteiger charge is -2.23. The van der Waals surface area contributed by atoms with Gasteiger partial charge < -0.3 is 14.5 Å². The van der Waals surface area contributed by atoms with Crippen molar-refractivity contribution in [2.75, 3.05) is 0 Å². The Balaban J connectivity index is 2.02. The lowest BCUT2D eigenvalue weighted by Crippen LogP contribution is -2.37. The molecule has 0 aliphatic rings. The third kappa shape index (κ3) is 6.05. The first-order valence-corrected chi connectivity index (χ1v) is 9.64. The summed E-state index contributed by atoms with van der Waals surface area (Å²) >= 11 is 1.48. The fourth-order valence-electron chi connectivity index (χ4n) is 2.26. The summed E-state index contributed by atoms with van der Waals surface area (Å²) in [6.45, 7) is 11.5. The highest BCUT2D eigenvalue weighted by Crippen LogP contribution is 2.27. The molecule has 0 bridgehead atoms. The Morgan fingerprint density at radius 3 is 2.58 bits per heavy atom. The zero-order chi connectivity index (χ0) is 19.3. The zero-order valence-electron chi connectivity index (χ0n) is 16.2. The van der Waals surface area contributed by atoms with Crippen LogP contribution in [0.5, 0.6) is 0 Å². The molecule has 0 saturated heterocycles. The van der Waals surface area contributed by atoms with E-state index in [-0.39, 0.29) is 5.92 Å². The zero-order valence-corrected chi connectivity index (χ0v) is 17.0. The fourth-order valence-corrected chi connectivity index (χ4v) is 3.11. The number of benzene rings is 1. The molecule has 26 heavy (non-hydrogen) atoms. The molecule has 1 aromatic heterocycles. The molecule has 0 aliphatic heterocycles. The minimum Gasteiger partial charge on any atom is -0.444 e. The van der Waals surface area contributed by atoms with E-state index in [2.05, 4.69) is 34.6 Å². The molecule has 0 unspecified atom stereocenters. The van der Waals surface area contributed by atoms with Crippen LogP contribution < -0.4 is 5.32 Å². The molecule has 0 fully saturated rings. The molecular weight excluding hydrogens is 350 g/mol. The van der Waals surface area contributed by atoms with E-state index in [0.29, 0.717) is 11.1 Å². The molecule has 1 aromatic carbocycles. The summed E-state index contributed by atoms with van der Waals surface area (Å²) < 4.78 is 11.1. The number of nitrogens with one attached hydrogen (secondary N) is 1. The SMILES string of the molecule is Cc1ccccc1CSc1nnc([C@H](NC(=O)OC(C)(C)C)C(C)C)o1. The lowest BCUT2D eigenvalue weighted by molar-refractivity contribution is 0.0477. The van der Waals surface area contributed by atoms with Gasteiger partial charge in [0.05, 0.1) is 0 Å². The molecule has 142 valence electrons. The monoisotopic (exact) mass is 377 g/mol. The van der Waals surface area contributed by atoms with Gasteiger partial charge in [0, 0.05) is 5.75 Å². The standard InChI is InChI=1S/C19H27N3O3S/c1-12(2)15(20-17(23)25-19(4,5)6)16-21-22-18(24-16)26-11-14-10-8-7-9-13(14)3/h7-10,12,15H,11H2,1-6H3,(H,20,23)/t15-/m1/s1. The summed E-state index contributed by atoms with van der Waals surface area (Å²) in [5.74, 6) is 1.22. The number of thioether (sulfide) groups is 1. The predicted octanol–water partition coefficient (Wildman–Crippen LogP) is 4.89. The maximum absolute atomic E-state index is 12.1. The van der Waals surface area contributed by atoms with E-state index in [4.69, 9.17) is 9.15 Å².